The summed E-state index contributed by atoms with van der Waals surface area (Å²) in [7, 11) is 0. The van der Waals surface area contributed by atoms with Crippen LogP contribution in [0.15, 0.2) is 28.8 Å². The first-order valence-corrected chi connectivity index (χ1v) is 7.04. The van der Waals surface area contributed by atoms with Gasteiger partial charge in [0.15, 0.2) is 11.4 Å². The van der Waals surface area contributed by atoms with Crippen LogP contribution in [0.25, 0.3) is 0 Å². The van der Waals surface area contributed by atoms with Crippen LogP contribution in [0.2, 0.25) is 5.02 Å². The number of piperidine rings is 1. The quantitative estimate of drug-likeness (QED) is 0.904. The number of aromatic nitrogens is 2. The number of hydrogen-bond donors (Lipinski definition) is 2. The molecular formula is C14H16ClN3O2. The maximum Gasteiger partial charge on any atom is 0.259 e. The second-order valence-corrected chi connectivity index (χ2v) is 5.57. The van der Waals surface area contributed by atoms with Crippen molar-refractivity contribution in [3.05, 3.63) is 46.6 Å². The largest absolute Gasteiger partial charge is 0.379 e. The lowest BCUT2D eigenvalue weighted by atomic mass is 9.94. The molecule has 1 fully saturated rings. The number of rotatable bonds is 3. The summed E-state index contributed by atoms with van der Waals surface area (Å²) in [5.74, 6) is 0.850. The zero-order valence-electron chi connectivity index (χ0n) is 11.0. The lowest BCUT2D eigenvalue weighted by Crippen LogP contribution is -2.43. The molecule has 1 aliphatic rings. The van der Waals surface area contributed by atoms with Crippen molar-refractivity contribution in [2.45, 2.75) is 24.9 Å². The highest BCUT2D eigenvalue weighted by Crippen LogP contribution is 2.27. The second kappa shape index (κ2) is 5.52. The van der Waals surface area contributed by atoms with Crippen molar-refractivity contribution in [2.75, 3.05) is 13.1 Å². The molecule has 0 spiro atoms. The van der Waals surface area contributed by atoms with Gasteiger partial charge in [-0.25, -0.2) is 0 Å². The maximum absolute atomic E-state index is 10.5. The Hall–Kier alpha value is -1.43. The monoisotopic (exact) mass is 293 g/mol. The summed E-state index contributed by atoms with van der Waals surface area (Å²) in [4.78, 5) is 4.32. The van der Waals surface area contributed by atoms with Crippen molar-refractivity contribution in [1.82, 2.24) is 15.5 Å². The fourth-order valence-electron chi connectivity index (χ4n) is 2.42. The Bertz CT molecular complexity index is 594. The van der Waals surface area contributed by atoms with Gasteiger partial charge in [0.25, 0.3) is 5.89 Å². The first-order chi connectivity index (χ1) is 9.66. The molecule has 1 aromatic heterocycles. The van der Waals surface area contributed by atoms with Crippen molar-refractivity contribution < 1.29 is 9.63 Å². The molecule has 1 aliphatic heterocycles. The molecule has 106 valence electrons. The molecular weight excluding hydrogens is 278 g/mol. The predicted octanol–water partition coefficient (Wildman–Crippen LogP) is 1.88. The number of benzene rings is 1. The van der Waals surface area contributed by atoms with Crippen LogP contribution in [0, 0.1) is 0 Å². The van der Waals surface area contributed by atoms with E-state index in [-0.39, 0.29) is 0 Å². The Morgan fingerprint density at radius 3 is 3.10 bits per heavy atom. The van der Waals surface area contributed by atoms with Crippen molar-refractivity contribution in [3.8, 4) is 0 Å². The van der Waals surface area contributed by atoms with Crippen LogP contribution in [0.5, 0.6) is 0 Å². The molecule has 6 heteroatoms. The standard InChI is InChI=1S/C14H16ClN3O2/c15-11-4-1-3-10(7-11)8-12-17-13(20-18-12)14(19)5-2-6-16-9-14/h1,3-4,7,16,19H,2,5-6,8-9H2. The number of halogens is 1. The molecule has 0 radical (unpaired) electrons. The number of nitrogens with zero attached hydrogens (tertiary/aromatic N) is 2. The molecule has 1 unspecified atom stereocenters. The summed E-state index contributed by atoms with van der Waals surface area (Å²) in [5, 5.41) is 18.3. The van der Waals surface area contributed by atoms with Gasteiger partial charge in [0.05, 0.1) is 0 Å². The Morgan fingerprint density at radius 1 is 1.45 bits per heavy atom. The van der Waals surface area contributed by atoms with Crippen LogP contribution in [-0.2, 0) is 12.0 Å². The van der Waals surface area contributed by atoms with Gasteiger partial charge >= 0.3 is 0 Å². The van der Waals surface area contributed by atoms with E-state index in [1.54, 1.807) is 0 Å². The number of hydrogen-bond acceptors (Lipinski definition) is 5. The van der Waals surface area contributed by atoms with Crippen LogP contribution in [0.4, 0.5) is 0 Å². The van der Waals surface area contributed by atoms with Gasteiger partial charge in [-0.2, -0.15) is 4.98 Å². The molecule has 2 aromatic rings. The molecule has 5 nitrogen and oxygen atoms in total. The topological polar surface area (TPSA) is 71.2 Å². The summed E-state index contributed by atoms with van der Waals surface area (Å²) in [6.45, 7) is 1.36. The number of β-amino-alcohol motifs (C(OH)–C–C–N with tert-alkyl or cyclic N) is 1. The third-order valence-corrected chi connectivity index (χ3v) is 3.71. The molecule has 1 saturated heterocycles. The molecule has 2 heterocycles. The van der Waals surface area contributed by atoms with E-state index in [2.05, 4.69) is 15.5 Å². The van der Waals surface area contributed by atoms with Crippen molar-refractivity contribution in [1.29, 1.82) is 0 Å². The van der Waals surface area contributed by atoms with Gasteiger partial charge in [-0.05, 0) is 37.1 Å². The molecule has 0 bridgehead atoms. The normalized spacial score (nSPS) is 22.9. The number of aliphatic hydroxyl groups is 1. The van der Waals surface area contributed by atoms with E-state index in [4.69, 9.17) is 16.1 Å². The van der Waals surface area contributed by atoms with E-state index < -0.39 is 5.60 Å². The minimum Gasteiger partial charge on any atom is -0.379 e. The average molecular weight is 294 g/mol. The van der Waals surface area contributed by atoms with Gasteiger partial charge in [0.1, 0.15) is 0 Å². The molecule has 0 aliphatic carbocycles. The van der Waals surface area contributed by atoms with Crippen LogP contribution in [-0.4, -0.2) is 28.3 Å². The van der Waals surface area contributed by atoms with Gasteiger partial charge in [-0.3, -0.25) is 0 Å². The summed E-state index contributed by atoms with van der Waals surface area (Å²) in [5.41, 5.74) is -0.0312. The van der Waals surface area contributed by atoms with E-state index >= 15 is 0 Å². The lowest BCUT2D eigenvalue weighted by molar-refractivity contribution is -0.0167. The van der Waals surface area contributed by atoms with E-state index in [9.17, 15) is 5.11 Å². The van der Waals surface area contributed by atoms with Gasteiger partial charge in [-0.15, -0.1) is 0 Å². The molecule has 1 aromatic carbocycles. The average Bonchev–Trinajstić information content (AvgIpc) is 2.89. The van der Waals surface area contributed by atoms with Gasteiger partial charge < -0.3 is 14.9 Å². The predicted molar refractivity (Wildman–Crippen MR) is 74.6 cm³/mol. The molecule has 2 N–H and O–H groups in total. The van der Waals surface area contributed by atoms with Crippen molar-refractivity contribution in [3.63, 3.8) is 0 Å². The Balaban J connectivity index is 1.76. The Kier molecular flexibility index (Phi) is 3.74. The van der Waals surface area contributed by atoms with Crippen molar-refractivity contribution >= 4 is 11.6 Å². The van der Waals surface area contributed by atoms with E-state index in [0.717, 1.165) is 18.5 Å². The zero-order valence-corrected chi connectivity index (χ0v) is 11.7. The third-order valence-electron chi connectivity index (χ3n) is 3.48. The van der Waals surface area contributed by atoms with Crippen LogP contribution >= 0.6 is 11.6 Å². The van der Waals surface area contributed by atoms with Crippen LogP contribution < -0.4 is 5.32 Å². The van der Waals surface area contributed by atoms with Gasteiger partial charge in [0, 0.05) is 18.0 Å². The molecule has 1 atom stereocenters. The fourth-order valence-corrected chi connectivity index (χ4v) is 2.63. The lowest BCUT2D eigenvalue weighted by Gasteiger charge is -2.28. The highest BCUT2D eigenvalue weighted by atomic mass is 35.5. The number of nitrogens with one attached hydrogen (secondary N) is 1. The van der Waals surface area contributed by atoms with Gasteiger partial charge in [-0.1, -0.05) is 28.9 Å². The molecule has 0 amide bonds. The second-order valence-electron chi connectivity index (χ2n) is 5.13. The summed E-state index contributed by atoms with van der Waals surface area (Å²) < 4.78 is 5.23. The fraction of sp³-hybridized carbons (Fsp3) is 0.429. The highest BCUT2D eigenvalue weighted by molar-refractivity contribution is 6.30. The minimum atomic E-state index is -1.04. The third kappa shape index (κ3) is 2.85. The Labute approximate surface area is 122 Å². The highest BCUT2D eigenvalue weighted by Gasteiger charge is 2.36. The maximum atomic E-state index is 10.5. The first kappa shape index (κ1) is 13.5. The minimum absolute atomic E-state index is 0.293. The smallest absolute Gasteiger partial charge is 0.259 e. The molecule has 3 rings (SSSR count). The van der Waals surface area contributed by atoms with Crippen LogP contribution in [0.3, 0.4) is 0 Å². The van der Waals surface area contributed by atoms with Crippen LogP contribution in [0.1, 0.15) is 30.1 Å². The van der Waals surface area contributed by atoms with E-state index in [1.807, 2.05) is 24.3 Å². The Morgan fingerprint density at radius 2 is 2.35 bits per heavy atom. The van der Waals surface area contributed by atoms with Gasteiger partial charge in [0.2, 0.25) is 0 Å². The summed E-state index contributed by atoms with van der Waals surface area (Å²) >= 11 is 5.95. The van der Waals surface area contributed by atoms with Crippen molar-refractivity contribution in [2.24, 2.45) is 0 Å². The van der Waals surface area contributed by atoms with E-state index in [1.165, 1.54) is 0 Å². The summed E-state index contributed by atoms with van der Waals surface area (Å²) in [6.07, 6.45) is 2.06. The van der Waals surface area contributed by atoms with E-state index in [0.29, 0.717) is 36.1 Å². The summed E-state index contributed by atoms with van der Waals surface area (Å²) in [6, 6.07) is 7.54. The first-order valence-electron chi connectivity index (χ1n) is 6.66. The SMILES string of the molecule is OC1(c2nc(Cc3cccc(Cl)c3)no2)CCCNC1. The zero-order chi connectivity index (χ0) is 14.0. The molecule has 20 heavy (non-hydrogen) atoms. The molecule has 0 saturated carbocycles.